The number of H-pyrrole nitrogens is 1. The summed E-state index contributed by atoms with van der Waals surface area (Å²) in [4.78, 5) is 17.9. The molecule has 1 fully saturated rings. The molecule has 1 aromatic carbocycles. The fourth-order valence-corrected chi connectivity index (χ4v) is 4.04. The van der Waals surface area contributed by atoms with Crippen LogP contribution in [0.2, 0.25) is 0 Å². The Kier molecular flexibility index (Phi) is 4.01. The normalized spacial score (nSPS) is 17.9. The highest BCUT2D eigenvalue weighted by Crippen LogP contribution is 2.40. The molecule has 6 nitrogen and oxygen atoms in total. The molecule has 5 rings (SSSR count). The highest BCUT2D eigenvalue weighted by atomic mass is 16.3. The van der Waals surface area contributed by atoms with E-state index in [-0.39, 0.29) is 5.91 Å². The Bertz CT molecular complexity index is 985. The van der Waals surface area contributed by atoms with Gasteiger partial charge in [0.25, 0.3) is 0 Å². The van der Waals surface area contributed by atoms with Gasteiger partial charge in [-0.3, -0.25) is 9.48 Å². The first-order valence-electron chi connectivity index (χ1n) is 9.76. The van der Waals surface area contributed by atoms with E-state index in [9.17, 15) is 9.90 Å². The van der Waals surface area contributed by atoms with Gasteiger partial charge in [0, 0.05) is 30.1 Å². The number of fused-ring (bicyclic) bond motifs is 2. The minimum absolute atomic E-state index is 0.178. The molecule has 1 aliphatic carbocycles. The Balaban J connectivity index is 1.24. The summed E-state index contributed by atoms with van der Waals surface area (Å²) in [6.07, 6.45) is 4.98. The predicted molar refractivity (Wildman–Crippen MR) is 102 cm³/mol. The molecule has 6 heteroatoms. The van der Waals surface area contributed by atoms with Gasteiger partial charge in [0.1, 0.15) is 6.10 Å². The molecule has 3 heterocycles. The molecule has 0 bridgehead atoms. The van der Waals surface area contributed by atoms with E-state index in [1.165, 1.54) is 10.9 Å². The van der Waals surface area contributed by atoms with Crippen LogP contribution in [0, 0.1) is 5.92 Å². The maximum Gasteiger partial charge on any atom is 0.223 e. The van der Waals surface area contributed by atoms with Crippen LogP contribution in [0.5, 0.6) is 0 Å². The molecular weight excluding hydrogens is 340 g/mol. The van der Waals surface area contributed by atoms with Crippen LogP contribution in [-0.2, 0) is 24.3 Å². The molecule has 3 aromatic rings. The van der Waals surface area contributed by atoms with Gasteiger partial charge in [-0.1, -0.05) is 18.2 Å². The van der Waals surface area contributed by atoms with Crippen molar-refractivity contribution in [2.24, 2.45) is 5.92 Å². The molecule has 1 saturated carbocycles. The van der Waals surface area contributed by atoms with E-state index in [2.05, 4.69) is 22.2 Å². The van der Waals surface area contributed by atoms with E-state index in [1.807, 2.05) is 34.0 Å². The molecule has 27 heavy (non-hydrogen) atoms. The number of carbonyl (C=O) groups excluding carboxylic acids is 1. The Labute approximate surface area is 157 Å². The van der Waals surface area contributed by atoms with Crippen LogP contribution >= 0.6 is 0 Å². The number of rotatable bonds is 5. The van der Waals surface area contributed by atoms with E-state index in [0.29, 0.717) is 32.0 Å². The van der Waals surface area contributed by atoms with E-state index in [1.54, 1.807) is 0 Å². The maximum atomic E-state index is 12.7. The van der Waals surface area contributed by atoms with Crippen LogP contribution in [0.25, 0.3) is 10.9 Å². The number of aromatic nitrogens is 3. The average molecular weight is 364 g/mol. The Morgan fingerprint density at radius 3 is 3.00 bits per heavy atom. The Morgan fingerprint density at radius 1 is 1.30 bits per heavy atom. The standard InChI is InChI=1S/C21H24N4O2/c26-20(8-7-15-12-22-18-4-2-1-3-17(15)18)24-9-10-25-16(13-24)11-19(23-25)21(27)14-5-6-14/h1-4,11-12,14,21-22,27H,5-10,13H2/t21-/m1/s1. The second-order valence-electron chi connectivity index (χ2n) is 7.74. The van der Waals surface area contributed by atoms with Gasteiger partial charge in [-0.2, -0.15) is 5.10 Å². The highest BCUT2D eigenvalue weighted by molar-refractivity contribution is 5.84. The molecular formula is C21H24N4O2. The number of aliphatic hydroxyl groups is 1. The molecule has 140 valence electrons. The fraction of sp³-hybridized carbons (Fsp3) is 0.429. The largest absolute Gasteiger partial charge is 0.386 e. The summed E-state index contributed by atoms with van der Waals surface area (Å²) < 4.78 is 1.95. The van der Waals surface area contributed by atoms with E-state index < -0.39 is 6.10 Å². The summed E-state index contributed by atoms with van der Waals surface area (Å²) in [6, 6.07) is 10.2. The van der Waals surface area contributed by atoms with Crippen LogP contribution in [0.3, 0.4) is 0 Å². The molecule has 2 aromatic heterocycles. The zero-order valence-corrected chi connectivity index (χ0v) is 15.3. The summed E-state index contributed by atoms with van der Waals surface area (Å²) in [5.74, 6) is 0.549. The molecule has 2 N–H and O–H groups in total. The second kappa shape index (κ2) is 6.53. The predicted octanol–water partition coefficient (Wildman–Crippen LogP) is 2.78. The summed E-state index contributed by atoms with van der Waals surface area (Å²) in [5.41, 5.74) is 4.09. The number of aliphatic hydroxyl groups excluding tert-OH is 1. The van der Waals surface area contributed by atoms with Crippen molar-refractivity contribution in [2.45, 2.75) is 44.9 Å². The Morgan fingerprint density at radius 2 is 2.15 bits per heavy atom. The number of carbonyl (C=O) groups is 1. The molecule has 0 saturated heterocycles. The van der Waals surface area contributed by atoms with Crippen LogP contribution in [0.15, 0.2) is 36.5 Å². The zero-order valence-electron chi connectivity index (χ0n) is 15.3. The maximum absolute atomic E-state index is 12.7. The summed E-state index contributed by atoms with van der Waals surface area (Å²) in [6.45, 7) is 1.96. The molecule has 2 aliphatic rings. The lowest BCUT2D eigenvalue weighted by Crippen LogP contribution is -2.38. The van der Waals surface area contributed by atoms with Crippen LogP contribution in [-0.4, -0.2) is 37.2 Å². The number of nitrogens with zero attached hydrogens (tertiary/aromatic N) is 3. The van der Waals surface area contributed by atoms with Gasteiger partial charge in [0.15, 0.2) is 0 Å². The minimum atomic E-state index is -0.450. The van der Waals surface area contributed by atoms with Gasteiger partial charge in [-0.25, -0.2) is 0 Å². The van der Waals surface area contributed by atoms with Gasteiger partial charge in [-0.15, -0.1) is 0 Å². The molecule has 0 unspecified atom stereocenters. The van der Waals surface area contributed by atoms with Crippen LogP contribution in [0.1, 0.15) is 42.3 Å². The number of benzene rings is 1. The van der Waals surface area contributed by atoms with Crippen LogP contribution in [0.4, 0.5) is 0 Å². The van der Waals surface area contributed by atoms with Gasteiger partial charge in [-0.05, 0) is 42.9 Å². The van der Waals surface area contributed by atoms with Gasteiger partial charge in [0.05, 0.1) is 24.5 Å². The van der Waals surface area contributed by atoms with Crippen molar-refractivity contribution in [3.8, 4) is 0 Å². The second-order valence-corrected chi connectivity index (χ2v) is 7.74. The van der Waals surface area contributed by atoms with Gasteiger partial charge < -0.3 is 15.0 Å². The monoisotopic (exact) mass is 364 g/mol. The first kappa shape index (κ1) is 16.6. The lowest BCUT2D eigenvalue weighted by Gasteiger charge is -2.27. The van der Waals surface area contributed by atoms with Gasteiger partial charge in [0.2, 0.25) is 5.91 Å². The smallest absolute Gasteiger partial charge is 0.223 e. The SMILES string of the molecule is O=C(CCc1c[nH]c2ccccc12)N1CCn2nc([C@H](O)C3CC3)cc2C1. The average Bonchev–Trinajstić information content (AvgIpc) is 3.33. The Hall–Kier alpha value is -2.60. The number of para-hydroxylation sites is 1. The first-order chi connectivity index (χ1) is 13.2. The fourth-order valence-electron chi connectivity index (χ4n) is 4.04. The third-order valence-corrected chi connectivity index (χ3v) is 5.82. The number of aromatic amines is 1. The minimum Gasteiger partial charge on any atom is -0.386 e. The quantitative estimate of drug-likeness (QED) is 0.731. The number of nitrogens with one attached hydrogen (secondary N) is 1. The van der Waals surface area contributed by atoms with E-state index in [4.69, 9.17) is 0 Å². The molecule has 1 amide bonds. The first-order valence-corrected chi connectivity index (χ1v) is 9.76. The van der Waals surface area contributed by atoms with Crippen molar-refractivity contribution >= 4 is 16.8 Å². The number of amides is 1. The molecule has 1 atom stereocenters. The van der Waals surface area contributed by atoms with Crippen molar-refractivity contribution in [1.29, 1.82) is 0 Å². The van der Waals surface area contributed by atoms with Crippen LogP contribution < -0.4 is 0 Å². The third-order valence-electron chi connectivity index (χ3n) is 5.82. The lowest BCUT2D eigenvalue weighted by atomic mass is 10.1. The summed E-state index contributed by atoms with van der Waals surface area (Å²) in [5, 5.41) is 16.0. The molecule has 1 aliphatic heterocycles. The number of hydrogen-bond donors (Lipinski definition) is 2. The summed E-state index contributed by atoms with van der Waals surface area (Å²) in [7, 11) is 0. The van der Waals surface area contributed by atoms with Crippen molar-refractivity contribution in [1.82, 2.24) is 19.7 Å². The van der Waals surface area contributed by atoms with Gasteiger partial charge >= 0.3 is 0 Å². The zero-order chi connectivity index (χ0) is 18.4. The highest BCUT2D eigenvalue weighted by Gasteiger charge is 2.33. The number of hydrogen-bond acceptors (Lipinski definition) is 3. The van der Waals surface area contributed by atoms with Crippen molar-refractivity contribution in [3.05, 3.63) is 53.5 Å². The van der Waals surface area contributed by atoms with Crippen molar-refractivity contribution < 1.29 is 9.90 Å². The third kappa shape index (κ3) is 3.14. The lowest BCUT2D eigenvalue weighted by molar-refractivity contribution is -0.132. The molecule has 0 radical (unpaired) electrons. The van der Waals surface area contributed by atoms with Crippen molar-refractivity contribution in [3.63, 3.8) is 0 Å². The topological polar surface area (TPSA) is 74.2 Å². The number of aryl methyl sites for hydroxylation is 1. The summed E-state index contributed by atoms with van der Waals surface area (Å²) >= 11 is 0. The van der Waals surface area contributed by atoms with E-state index >= 15 is 0 Å². The molecule has 0 spiro atoms. The van der Waals surface area contributed by atoms with Crippen molar-refractivity contribution in [2.75, 3.05) is 6.54 Å². The van der Waals surface area contributed by atoms with E-state index in [0.717, 1.165) is 36.2 Å².